The Labute approximate surface area is 268 Å². The van der Waals surface area contributed by atoms with Gasteiger partial charge in [-0.1, -0.05) is 26.2 Å². The molecule has 1 saturated carbocycles. The molecule has 2 aliphatic rings. The summed E-state index contributed by atoms with van der Waals surface area (Å²) in [5.41, 5.74) is 2.07. The van der Waals surface area contributed by atoms with Crippen molar-refractivity contribution in [2.75, 3.05) is 38.7 Å². The first kappa shape index (κ1) is 34.7. The summed E-state index contributed by atoms with van der Waals surface area (Å²) in [6.07, 6.45) is 11.5. The van der Waals surface area contributed by atoms with Crippen LogP contribution >= 0.6 is 0 Å². The number of carbonyl (C=O) groups is 2. The van der Waals surface area contributed by atoms with Gasteiger partial charge in [-0.25, -0.2) is 4.79 Å². The van der Waals surface area contributed by atoms with Crippen LogP contribution in [0.2, 0.25) is 0 Å². The van der Waals surface area contributed by atoms with Crippen molar-refractivity contribution in [1.29, 1.82) is 0 Å². The normalized spacial score (nSPS) is 23.0. The number of aliphatic hydroxyl groups is 1. The maximum Gasteiger partial charge on any atom is 0.319 e. The molecule has 1 aliphatic heterocycles. The lowest BCUT2D eigenvalue weighted by molar-refractivity contribution is -0.0177. The highest BCUT2D eigenvalue weighted by molar-refractivity contribution is 5.99. The van der Waals surface area contributed by atoms with Crippen LogP contribution in [0.15, 0.2) is 42.7 Å². The fourth-order valence-corrected chi connectivity index (χ4v) is 6.23. The third-order valence-electron chi connectivity index (χ3n) is 8.94. The monoisotopic (exact) mass is 623 g/mol. The fourth-order valence-electron chi connectivity index (χ4n) is 6.23. The van der Waals surface area contributed by atoms with E-state index in [1.165, 1.54) is 12.0 Å². The number of ether oxygens (including phenoxy) is 2. The topological polar surface area (TPSA) is 116 Å². The number of carbonyl (C=O) groups excluding carboxylic acids is 2. The molecule has 2 aromatic rings. The molecule has 4 rings (SSSR count). The van der Waals surface area contributed by atoms with Gasteiger partial charge in [0.1, 0.15) is 5.75 Å². The Morgan fingerprint density at radius 1 is 1.09 bits per heavy atom. The molecule has 3 amide bonds. The number of likely N-dealkylation sites (N-methyl/N-ethyl adjacent to an activating group) is 1. The Morgan fingerprint density at radius 3 is 2.56 bits per heavy atom. The van der Waals surface area contributed by atoms with E-state index in [9.17, 15) is 14.7 Å². The second kappa shape index (κ2) is 17.5. The minimum atomic E-state index is -0.431. The molecule has 10 nitrogen and oxygen atoms in total. The lowest BCUT2D eigenvalue weighted by atomic mass is 9.96. The molecule has 1 aromatic carbocycles. The van der Waals surface area contributed by atoms with Gasteiger partial charge in [0.05, 0.1) is 30.4 Å². The molecule has 1 fully saturated rings. The number of nitrogens with zero attached hydrogens (tertiary/aromatic N) is 3. The number of aliphatic hydroxyl groups excluding tert-OH is 1. The number of benzene rings is 1. The average molecular weight is 624 g/mol. The summed E-state index contributed by atoms with van der Waals surface area (Å²) in [7, 11) is 2.08. The van der Waals surface area contributed by atoms with Crippen molar-refractivity contribution in [1.82, 2.24) is 20.1 Å². The third kappa shape index (κ3) is 10.7. The summed E-state index contributed by atoms with van der Waals surface area (Å²) in [5, 5.41) is 16.2. The Morgan fingerprint density at radius 2 is 1.82 bits per heavy atom. The first-order valence-electron chi connectivity index (χ1n) is 16.7. The second-order valence-electron chi connectivity index (χ2n) is 13.0. The predicted octanol–water partition coefficient (Wildman–Crippen LogP) is 5.46. The van der Waals surface area contributed by atoms with Crippen LogP contribution in [0.5, 0.6) is 5.75 Å². The number of rotatable bonds is 8. The number of pyridine rings is 1. The molecule has 248 valence electrons. The molecule has 0 spiro atoms. The van der Waals surface area contributed by atoms with Crippen molar-refractivity contribution >= 4 is 17.6 Å². The van der Waals surface area contributed by atoms with Gasteiger partial charge in [-0.3, -0.25) is 14.7 Å². The van der Waals surface area contributed by atoms with Gasteiger partial charge in [-0.15, -0.1) is 0 Å². The van der Waals surface area contributed by atoms with Crippen LogP contribution in [0.4, 0.5) is 10.5 Å². The summed E-state index contributed by atoms with van der Waals surface area (Å²) < 4.78 is 12.8. The Balaban J connectivity index is 1.56. The van der Waals surface area contributed by atoms with E-state index in [4.69, 9.17) is 9.47 Å². The van der Waals surface area contributed by atoms with Gasteiger partial charge < -0.3 is 30.1 Å². The smallest absolute Gasteiger partial charge is 0.319 e. The summed E-state index contributed by atoms with van der Waals surface area (Å²) in [4.78, 5) is 35.3. The van der Waals surface area contributed by atoms with E-state index in [1.807, 2.05) is 26.0 Å². The molecule has 0 saturated heterocycles. The highest BCUT2D eigenvalue weighted by Crippen LogP contribution is 2.29. The maximum absolute atomic E-state index is 14.3. The van der Waals surface area contributed by atoms with Gasteiger partial charge in [-0.05, 0) is 88.9 Å². The van der Waals surface area contributed by atoms with Gasteiger partial charge in [0.25, 0.3) is 5.91 Å². The molecule has 0 bridgehead atoms. The van der Waals surface area contributed by atoms with Gasteiger partial charge >= 0.3 is 6.03 Å². The molecule has 45 heavy (non-hydrogen) atoms. The number of anilines is 1. The highest BCUT2D eigenvalue weighted by Gasteiger charge is 2.30. The van der Waals surface area contributed by atoms with Crippen LogP contribution in [-0.4, -0.2) is 89.5 Å². The molecule has 10 heteroatoms. The van der Waals surface area contributed by atoms with E-state index >= 15 is 0 Å². The van der Waals surface area contributed by atoms with E-state index in [0.717, 1.165) is 51.5 Å². The molecule has 1 aliphatic carbocycles. The van der Waals surface area contributed by atoms with Crippen molar-refractivity contribution in [3.8, 4) is 5.75 Å². The molecular formula is C35H53N5O5. The second-order valence-corrected chi connectivity index (χ2v) is 13.0. The number of hydrogen-bond acceptors (Lipinski definition) is 7. The zero-order chi connectivity index (χ0) is 32.2. The molecule has 2 heterocycles. The van der Waals surface area contributed by atoms with Crippen molar-refractivity contribution in [3.05, 3.63) is 53.9 Å². The zero-order valence-electron chi connectivity index (χ0n) is 27.5. The van der Waals surface area contributed by atoms with Crippen LogP contribution in [0.3, 0.4) is 0 Å². The highest BCUT2D eigenvalue weighted by atomic mass is 16.5. The molecule has 4 atom stereocenters. The van der Waals surface area contributed by atoms with Crippen LogP contribution < -0.4 is 15.4 Å². The van der Waals surface area contributed by atoms with E-state index < -0.39 is 6.04 Å². The Bertz CT molecular complexity index is 1210. The van der Waals surface area contributed by atoms with Gasteiger partial charge in [0.2, 0.25) is 0 Å². The summed E-state index contributed by atoms with van der Waals surface area (Å²) in [6.45, 7) is 8.26. The summed E-state index contributed by atoms with van der Waals surface area (Å²) in [6, 6.07) is 8.76. The van der Waals surface area contributed by atoms with Gasteiger partial charge in [-0.2, -0.15) is 0 Å². The summed E-state index contributed by atoms with van der Waals surface area (Å²) >= 11 is 0. The standard InChI is InChI=1S/C35H53N5O5/c1-25-21-40(26(2)24-41)34(42)31-20-30(38-35(43)37-29-11-6-5-7-12-29)13-14-32(31)45-27(3)10-8-9-19-44-33(25)23-39(4)22-28-15-17-36-18-16-28/h13-18,20,25-27,29,33,41H,5-12,19,21-24H2,1-4H3,(H2,37,38,43)/t25-,26+,27+,33+/m0/s1. The SMILES string of the molecule is C[C@@H]1CCCCO[C@H](CN(C)Cc2ccncc2)[C@@H](C)CN([C@H](C)CO)C(=O)c2cc(NC(=O)NC3CCCCC3)ccc2O1. The van der Waals surface area contributed by atoms with Crippen LogP contribution in [0.25, 0.3) is 0 Å². The number of urea groups is 1. The lowest BCUT2D eigenvalue weighted by Gasteiger charge is -2.36. The Kier molecular flexibility index (Phi) is 13.5. The van der Waals surface area contributed by atoms with E-state index in [1.54, 1.807) is 35.5 Å². The van der Waals surface area contributed by atoms with Crippen molar-refractivity contribution in [2.45, 2.75) is 103 Å². The minimum absolute atomic E-state index is 0.0170. The third-order valence-corrected chi connectivity index (χ3v) is 8.94. The predicted molar refractivity (Wildman–Crippen MR) is 176 cm³/mol. The van der Waals surface area contributed by atoms with Crippen molar-refractivity contribution in [2.24, 2.45) is 5.92 Å². The zero-order valence-corrected chi connectivity index (χ0v) is 27.5. The minimum Gasteiger partial charge on any atom is -0.490 e. The molecule has 0 unspecified atom stereocenters. The number of amides is 3. The van der Waals surface area contributed by atoms with Crippen molar-refractivity contribution in [3.63, 3.8) is 0 Å². The maximum atomic E-state index is 14.3. The number of aromatic nitrogens is 1. The van der Waals surface area contributed by atoms with Gasteiger partial charge in [0, 0.05) is 56.3 Å². The van der Waals surface area contributed by atoms with Crippen LogP contribution in [0.1, 0.15) is 88.1 Å². The lowest BCUT2D eigenvalue weighted by Crippen LogP contribution is -2.47. The van der Waals surface area contributed by atoms with E-state index in [0.29, 0.717) is 36.7 Å². The van der Waals surface area contributed by atoms with E-state index in [-0.39, 0.29) is 42.7 Å². The average Bonchev–Trinajstić information content (AvgIpc) is 3.03. The summed E-state index contributed by atoms with van der Waals surface area (Å²) in [5.74, 6) is 0.218. The Hall–Kier alpha value is -3.21. The largest absolute Gasteiger partial charge is 0.490 e. The van der Waals surface area contributed by atoms with Crippen LogP contribution in [-0.2, 0) is 11.3 Å². The van der Waals surface area contributed by atoms with E-state index in [2.05, 4.69) is 34.5 Å². The number of fused-ring (bicyclic) bond motifs is 1. The fraction of sp³-hybridized carbons (Fsp3) is 0.629. The number of nitrogens with one attached hydrogen (secondary N) is 2. The molecule has 3 N–H and O–H groups in total. The van der Waals surface area contributed by atoms with Gasteiger partial charge in [0.15, 0.2) is 0 Å². The first-order chi connectivity index (χ1) is 21.7. The molecule has 1 aromatic heterocycles. The van der Waals surface area contributed by atoms with Crippen molar-refractivity contribution < 1.29 is 24.2 Å². The quantitative estimate of drug-likeness (QED) is 0.358. The van der Waals surface area contributed by atoms with Crippen LogP contribution in [0, 0.1) is 5.92 Å². The molecular weight excluding hydrogens is 570 g/mol. The molecule has 0 radical (unpaired) electrons. The number of hydrogen-bond donors (Lipinski definition) is 3. The first-order valence-corrected chi connectivity index (χ1v) is 16.7.